The summed E-state index contributed by atoms with van der Waals surface area (Å²) in [5, 5.41) is 9.04. The first-order valence-corrected chi connectivity index (χ1v) is 6.86. The molecule has 0 aromatic heterocycles. The lowest BCUT2D eigenvalue weighted by Gasteiger charge is -2.30. The zero-order valence-corrected chi connectivity index (χ0v) is 13.0. The molecule has 0 saturated heterocycles. The van der Waals surface area contributed by atoms with Crippen LogP contribution in [0.4, 0.5) is 0 Å². The molecule has 110 valence electrons. The molecule has 0 saturated carbocycles. The molecule has 20 heavy (non-hydrogen) atoms. The van der Waals surface area contributed by atoms with E-state index in [0.717, 1.165) is 6.42 Å². The summed E-state index contributed by atoms with van der Waals surface area (Å²) in [6, 6.07) is 0. The van der Waals surface area contributed by atoms with E-state index in [1.165, 1.54) is 6.92 Å². The minimum Gasteiger partial charge on any atom is -0.388 e. The van der Waals surface area contributed by atoms with Crippen LogP contribution < -0.4 is 0 Å². The number of ketones is 2. The summed E-state index contributed by atoms with van der Waals surface area (Å²) in [6.45, 7) is 9.40. The molecule has 0 spiro atoms. The van der Waals surface area contributed by atoms with Crippen molar-refractivity contribution in [1.29, 1.82) is 0 Å². The summed E-state index contributed by atoms with van der Waals surface area (Å²) in [5.41, 5.74) is 0.591. The van der Waals surface area contributed by atoms with Crippen LogP contribution in [0.3, 0.4) is 0 Å². The van der Waals surface area contributed by atoms with Gasteiger partial charge in [0.15, 0.2) is 11.6 Å². The second-order valence-corrected chi connectivity index (χ2v) is 6.87. The van der Waals surface area contributed by atoms with E-state index in [1.807, 2.05) is 12.2 Å². The van der Waals surface area contributed by atoms with Gasteiger partial charge in [0.05, 0.1) is 0 Å². The molecule has 1 unspecified atom stereocenters. The van der Waals surface area contributed by atoms with Gasteiger partial charge in [-0.05, 0) is 18.8 Å². The summed E-state index contributed by atoms with van der Waals surface area (Å²) >= 11 is 0. The average Bonchev–Trinajstić information content (AvgIpc) is 2.45. The Bertz CT molecular complexity index is 501. The predicted octanol–water partition coefficient (Wildman–Crippen LogP) is 3.00. The summed E-state index contributed by atoms with van der Waals surface area (Å²) in [6.07, 6.45) is 8.23. The Morgan fingerprint density at radius 1 is 1.15 bits per heavy atom. The minimum atomic E-state index is -0.583. The van der Waals surface area contributed by atoms with Crippen molar-refractivity contribution in [2.45, 2.75) is 41.0 Å². The quantitative estimate of drug-likeness (QED) is 0.858. The van der Waals surface area contributed by atoms with Gasteiger partial charge < -0.3 is 5.11 Å². The number of aliphatic hydroxyl groups is 1. The van der Waals surface area contributed by atoms with Crippen LogP contribution in [0.1, 0.15) is 41.0 Å². The zero-order valence-electron chi connectivity index (χ0n) is 13.0. The van der Waals surface area contributed by atoms with Crippen LogP contribution in [0.5, 0.6) is 0 Å². The minimum absolute atomic E-state index is 0.130. The van der Waals surface area contributed by atoms with Gasteiger partial charge in [-0.15, -0.1) is 0 Å². The Morgan fingerprint density at radius 3 is 2.05 bits per heavy atom. The van der Waals surface area contributed by atoms with Crippen LogP contribution >= 0.6 is 0 Å². The standard InChI is InChI=1S/C17H24O3/c1-12(19)13-6-8-17(5,11-16(2,3)4)9-7-14(13)15(20)10-18/h6-9,18H,10-11H2,1-5H3. The van der Waals surface area contributed by atoms with Crippen molar-refractivity contribution in [2.75, 3.05) is 6.61 Å². The van der Waals surface area contributed by atoms with Gasteiger partial charge in [-0.1, -0.05) is 52.0 Å². The van der Waals surface area contributed by atoms with Crippen molar-refractivity contribution in [1.82, 2.24) is 0 Å². The van der Waals surface area contributed by atoms with Crippen molar-refractivity contribution >= 4 is 11.6 Å². The van der Waals surface area contributed by atoms with Crippen molar-refractivity contribution < 1.29 is 14.7 Å². The number of hydrogen-bond donors (Lipinski definition) is 1. The van der Waals surface area contributed by atoms with E-state index in [9.17, 15) is 9.59 Å². The third-order valence-corrected chi connectivity index (χ3v) is 3.29. The lowest BCUT2D eigenvalue weighted by Crippen LogP contribution is -2.19. The Hall–Kier alpha value is -1.48. The molecular weight excluding hydrogens is 252 g/mol. The lowest BCUT2D eigenvalue weighted by atomic mass is 9.74. The van der Waals surface area contributed by atoms with E-state index in [1.54, 1.807) is 12.2 Å². The van der Waals surface area contributed by atoms with Gasteiger partial charge in [-0.2, -0.15) is 0 Å². The van der Waals surface area contributed by atoms with Crippen LogP contribution in [0.2, 0.25) is 0 Å². The molecule has 1 rings (SSSR count). The summed E-state index contributed by atoms with van der Waals surface area (Å²) in [7, 11) is 0. The third-order valence-electron chi connectivity index (χ3n) is 3.29. The van der Waals surface area contributed by atoms with Gasteiger partial charge in [-0.3, -0.25) is 9.59 Å². The molecule has 1 aliphatic carbocycles. The molecule has 0 heterocycles. The average molecular weight is 276 g/mol. The second-order valence-electron chi connectivity index (χ2n) is 6.87. The van der Waals surface area contributed by atoms with E-state index in [4.69, 9.17) is 5.11 Å². The van der Waals surface area contributed by atoms with Crippen LogP contribution in [0, 0.1) is 10.8 Å². The van der Waals surface area contributed by atoms with Gasteiger partial charge in [0, 0.05) is 16.6 Å². The van der Waals surface area contributed by atoms with E-state index in [-0.39, 0.29) is 16.6 Å². The number of carbonyl (C=O) groups is 2. The molecule has 3 nitrogen and oxygen atoms in total. The second kappa shape index (κ2) is 5.88. The highest BCUT2D eigenvalue weighted by molar-refractivity contribution is 6.09. The number of hydrogen-bond acceptors (Lipinski definition) is 3. The predicted molar refractivity (Wildman–Crippen MR) is 80.3 cm³/mol. The Kier molecular flexibility index (Phi) is 4.87. The first kappa shape index (κ1) is 16.6. The summed E-state index contributed by atoms with van der Waals surface area (Å²) in [4.78, 5) is 23.5. The molecule has 0 bridgehead atoms. The maximum Gasteiger partial charge on any atom is 0.188 e. The summed E-state index contributed by atoms with van der Waals surface area (Å²) < 4.78 is 0. The zero-order chi connectivity index (χ0) is 15.6. The molecule has 0 aromatic carbocycles. The fourth-order valence-electron chi connectivity index (χ4n) is 2.68. The molecule has 0 amide bonds. The van der Waals surface area contributed by atoms with Crippen molar-refractivity contribution in [3.63, 3.8) is 0 Å². The highest BCUT2D eigenvalue weighted by Gasteiger charge is 2.28. The van der Waals surface area contributed by atoms with Crippen LogP contribution in [0.25, 0.3) is 0 Å². The van der Waals surface area contributed by atoms with Crippen LogP contribution in [-0.4, -0.2) is 23.3 Å². The van der Waals surface area contributed by atoms with Gasteiger partial charge in [-0.25, -0.2) is 0 Å². The van der Waals surface area contributed by atoms with Gasteiger partial charge in [0.1, 0.15) is 6.61 Å². The van der Waals surface area contributed by atoms with Gasteiger partial charge in [0.2, 0.25) is 0 Å². The van der Waals surface area contributed by atoms with E-state index in [2.05, 4.69) is 27.7 Å². The van der Waals surface area contributed by atoms with Gasteiger partial charge >= 0.3 is 0 Å². The summed E-state index contributed by atoms with van der Waals surface area (Å²) in [5.74, 6) is -0.584. The fourth-order valence-corrected chi connectivity index (χ4v) is 2.68. The maximum atomic E-state index is 11.8. The van der Waals surface area contributed by atoms with Crippen molar-refractivity contribution in [3.05, 3.63) is 35.5 Å². The maximum absolute atomic E-state index is 11.8. The van der Waals surface area contributed by atoms with E-state index < -0.39 is 12.4 Å². The number of aliphatic hydroxyl groups excluding tert-OH is 1. The first-order valence-electron chi connectivity index (χ1n) is 6.86. The molecule has 0 aromatic rings. The topological polar surface area (TPSA) is 54.4 Å². The molecular formula is C17H24O3. The van der Waals surface area contributed by atoms with Gasteiger partial charge in [0.25, 0.3) is 0 Å². The first-order chi connectivity index (χ1) is 9.08. The van der Waals surface area contributed by atoms with Crippen molar-refractivity contribution in [3.8, 4) is 0 Å². The normalized spacial score (nSPS) is 22.9. The number of Topliss-reactive ketones (excluding diaryl/α,β-unsaturated/α-hetero) is 2. The van der Waals surface area contributed by atoms with Crippen LogP contribution in [0.15, 0.2) is 35.5 Å². The molecule has 0 fully saturated rings. The monoisotopic (exact) mass is 276 g/mol. The molecule has 1 N–H and O–H groups in total. The molecule has 0 radical (unpaired) electrons. The fraction of sp³-hybridized carbons (Fsp3) is 0.529. The third kappa shape index (κ3) is 4.27. The molecule has 3 heteroatoms. The highest BCUT2D eigenvalue weighted by Crippen LogP contribution is 2.38. The van der Waals surface area contributed by atoms with E-state index in [0.29, 0.717) is 11.1 Å². The molecule has 1 aliphatic rings. The number of rotatable bonds is 4. The largest absolute Gasteiger partial charge is 0.388 e. The van der Waals surface area contributed by atoms with Crippen LogP contribution in [-0.2, 0) is 9.59 Å². The smallest absolute Gasteiger partial charge is 0.188 e. The Labute approximate surface area is 121 Å². The SMILES string of the molecule is CC(=O)C1=C(C(=O)CO)C=CC(C)(CC(C)(C)C)C=C1. The number of carbonyl (C=O) groups excluding carboxylic acids is 2. The number of allylic oxidation sites excluding steroid dienone is 5. The molecule has 0 aliphatic heterocycles. The molecule has 1 atom stereocenters. The lowest BCUT2D eigenvalue weighted by molar-refractivity contribution is -0.118. The highest BCUT2D eigenvalue weighted by atomic mass is 16.3. The Morgan fingerprint density at radius 2 is 1.65 bits per heavy atom. The Balaban J connectivity index is 3.23. The van der Waals surface area contributed by atoms with Crippen molar-refractivity contribution in [2.24, 2.45) is 10.8 Å². The van der Waals surface area contributed by atoms with E-state index >= 15 is 0 Å².